The number of halogens is 1. The molecule has 1 aliphatic carbocycles. The van der Waals surface area contributed by atoms with E-state index in [4.69, 9.17) is 11.6 Å². The highest BCUT2D eigenvalue weighted by atomic mass is 35.5. The van der Waals surface area contributed by atoms with E-state index in [1.807, 2.05) is 11.9 Å². The summed E-state index contributed by atoms with van der Waals surface area (Å²) in [5, 5.41) is 3.11. The van der Waals surface area contributed by atoms with Crippen molar-refractivity contribution in [2.45, 2.75) is 24.8 Å². The zero-order valence-electron chi connectivity index (χ0n) is 11.9. The van der Waals surface area contributed by atoms with Crippen LogP contribution in [0.1, 0.15) is 19.3 Å². The average molecular weight is 285 g/mol. The molecule has 1 N–H and O–H groups in total. The molecule has 0 atom stereocenters. The van der Waals surface area contributed by atoms with Gasteiger partial charge in [0.2, 0.25) is 17.2 Å². The van der Waals surface area contributed by atoms with Gasteiger partial charge in [-0.1, -0.05) is 0 Å². The summed E-state index contributed by atoms with van der Waals surface area (Å²) in [6.07, 6.45) is 3.70. The van der Waals surface area contributed by atoms with Crippen LogP contribution < -0.4 is 10.2 Å². The van der Waals surface area contributed by atoms with E-state index < -0.39 is 0 Å². The van der Waals surface area contributed by atoms with Gasteiger partial charge in [0.15, 0.2) is 0 Å². The SMILES string of the molecule is CNc1nc(Cl)nc(N(C)CC2(N(C)C)CCC2)n1. The van der Waals surface area contributed by atoms with Crippen molar-refractivity contribution in [2.24, 2.45) is 0 Å². The highest BCUT2D eigenvalue weighted by Crippen LogP contribution is 2.37. The second kappa shape index (κ2) is 5.46. The van der Waals surface area contributed by atoms with Gasteiger partial charge in [-0.2, -0.15) is 15.0 Å². The molecule has 1 aromatic rings. The standard InChI is InChI=1S/C12H21ClN6/c1-14-10-15-9(13)16-11(17-10)19(4)8-12(18(2)3)6-5-7-12/h5-8H2,1-4H3,(H,14,15,16,17). The van der Waals surface area contributed by atoms with E-state index >= 15 is 0 Å². The minimum absolute atomic E-state index is 0.216. The first kappa shape index (κ1) is 14.3. The van der Waals surface area contributed by atoms with Gasteiger partial charge in [-0.05, 0) is 45.0 Å². The number of rotatable bonds is 5. The summed E-state index contributed by atoms with van der Waals surface area (Å²) < 4.78 is 0. The lowest BCUT2D eigenvalue weighted by Gasteiger charge is -2.49. The number of aromatic nitrogens is 3. The van der Waals surface area contributed by atoms with Crippen molar-refractivity contribution in [1.29, 1.82) is 0 Å². The third-order valence-corrected chi connectivity index (χ3v) is 4.09. The fraction of sp³-hybridized carbons (Fsp3) is 0.750. The largest absolute Gasteiger partial charge is 0.357 e. The summed E-state index contributed by atoms with van der Waals surface area (Å²) >= 11 is 5.92. The van der Waals surface area contributed by atoms with Crippen molar-refractivity contribution >= 4 is 23.5 Å². The quantitative estimate of drug-likeness (QED) is 0.884. The minimum atomic E-state index is 0.216. The molecule has 7 heteroatoms. The van der Waals surface area contributed by atoms with E-state index in [0.29, 0.717) is 11.9 Å². The molecule has 1 aliphatic rings. The molecule has 1 fully saturated rings. The van der Waals surface area contributed by atoms with Gasteiger partial charge in [0.1, 0.15) is 0 Å². The van der Waals surface area contributed by atoms with Crippen LogP contribution in [0.5, 0.6) is 0 Å². The van der Waals surface area contributed by atoms with Crippen LogP contribution in [0.2, 0.25) is 5.28 Å². The lowest BCUT2D eigenvalue weighted by Crippen LogP contribution is -2.57. The van der Waals surface area contributed by atoms with Crippen LogP contribution in [0.15, 0.2) is 0 Å². The van der Waals surface area contributed by atoms with Crippen LogP contribution in [0.3, 0.4) is 0 Å². The summed E-state index contributed by atoms with van der Waals surface area (Å²) in [5.41, 5.74) is 0.230. The smallest absolute Gasteiger partial charge is 0.231 e. The summed E-state index contributed by atoms with van der Waals surface area (Å²) in [4.78, 5) is 16.9. The topological polar surface area (TPSA) is 57.2 Å². The molecule has 19 heavy (non-hydrogen) atoms. The van der Waals surface area contributed by atoms with Crippen molar-refractivity contribution in [3.8, 4) is 0 Å². The predicted molar refractivity (Wildman–Crippen MR) is 77.9 cm³/mol. The molecule has 0 unspecified atom stereocenters. The van der Waals surface area contributed by atoms with Crippen molar-refractivity contribution in [3.63, 3.8) is 0 Å². The van der Waals surface area contributed by atoms with Gasteiger partial charge in [0.05, 0.1) is 0 Å². The summed E-state index contributed by atoms with van der Waals surface area (Å²) in [7, 11) is 8.02. The Hall–Kier alpha value is -1.14. The molecular formula is C12H21ClN6. The molecule has 1 saturated carbocycles. The van der Waals surface area contributed by atoms with Crippen molar-refractivity contribution < 1.29 is 0 Å². The third kappa shape index (κ3) is 2.90. The second-order valence-electron chi connectivity index (χ2n) is 5.31. The Balaban J connectivity index is 2.15. The number of hydrogen-bond donors (Lipinski definition) is 1. The molecule has 0 aliphatic heterocycles. The Kier molecular flexibility index (Phi) is 4.10. The van der Waals surface area contributed by atoms with Crippen LogP contribution in [0.4, 0.5) is 11.9 Å². The van der Waals surface area contributed by atoms with Gasteiger partial charge in [-0.25, -0.2) is 0 Å². The summed E-state index contributed by atoms with van der Waals surface area (Å²) in [5.74, 6) is 1.10. The zero-order valence-corrected chi connectivity index (χ0v) is 12.7. The molecule has 0 aromatic carbocycles. The average Bonchev–Trinajstić information content (AvgIpc) is 2.32. The van der Waals surface area contributed by atoms with Crippen molar-refractivity contribution in [2.75, 3.05) is 45.0 Å². The molecule has 1 aromatic heterocycles. The highest BCUT2D eigenvalue weighted by Gasteiger charge is 2.40. The van der Waals surface area contributed by atoms with Crippen LogP contribution in [0, 0.1) is 0 Å². The molecule has 106 valence electrons. The van der Waals surface area contributed by atoms with Gasteiger partial charge >= 0.3 is 0 Å². The normalized spacial score (nSPS) is 17.2. The fourth-order valence-electron chi connectivity index (χ4n) is 2.47. The van der Waals surface area contributed by atoms with E-state index in [0.717, 1.165) is 6.54 Å². The first-order valence-corrected chi connectivity index (χ1v) is 6.82. The van der Waals surface area contributed by atoms with E-state index in [1.54, 1.807) is 7.05 Å². The van der Waals surface area contributed by atoms with Crippen molar-refractivity contribution in [3.05, 3.63) is 5.28 Å². The molecule has 2 rings (SSSR count). The molecule has 0 radical (unpaired) electrons. The van der Waals surface area contributed by atoms with Gasteiger partial charge in [0, 0.05) is 26.2 Å². The van der Waals surface area contributed by atoms with E-state index in [1.165, 1.54) is 19.3 Å². The highest BCUT2D eigenvalue weighted by molar-refractivity contribution is 6.28. The predicted octanol–water partition coefficient (Wildman–Crippen LogP) is 1.49. The molecule has 0 saturated heterocycles. The molecular weight excluding hydrogens is 264 g/mol. The number of likely N-dealkylation sites (N-methyl/N-ethyl adjacent to an activating group) is 2. The number of anilines is 2. The van der Waals surface area contributed by atoms with Crippen LogP contribution in [-0.2, 0) is 0 Å². The van der Waals surface area contributed by atoms with Gasteiger partial charge in [-0.3, -0.25) is 0 Å². The van der Waals surface area contributed by atoms with E-state index in [-0.39, 0.29) is 10.8 Å². The minimum Gasteiger partial charge on any atom is -0.357 e. The second-order valence-corrected chi connectivity index (χ2v) is 5.64. The zero-order chi connectivity index (χ0) is 14.0. The van der Waals surface area contributed by atoms with Gasteiger partial charge < -0.3 is 15.1 Å². The Labute approximate surface area is 119 Å². The first-order valence-electron chi connectivity index (χ1n) is 6.45. The molecule has 1 heterocycles. The Morgan fingerprint density at radius 3 is 2.37 bits per heavy atom. The molecule has 0 spiro atoms. The Morgan fingerprint density at radius 1 is 1.21 bits per heavy atom. The molecule has 6 nitrogen and oxygen atoms in total. The first-order chi connectivity index (χ1) is 8.97. The third-order valence-electron chi connectivity index (χ3n) is 3.93. The maximum atomic E-state index is 5.92. The maximum Gasteiger partial charge on any atom is 0.231 e. The lowest BCUT2D eigenvalue weighted by molar-refractivity contribution is 0.0680. The van der Waals surface area contributed by atoms with E-state index in [2.05, 4.69) is 39.3 Å². The summed E-state index contributed by atoms with van der Waals surface area (Å²) in [6.45, 7) is 0.892. The van der Waals surface area contributed by atoms with Crippen LogP contribution in [-0.4, -0.2) is 60.1 Å². The summed E-state index contributed by atoms with van der Waals surface area (Å²) in [6, 6.07) is 0. The Bertz CT molecular complexity index is 446. The van der Waals surface area contributed by atoms with Crippen LogP contribution >= 0.6 is 11.6 Å². The fourth-order valence-corrected chi connectivity index (χ4v) is 2.62. The van der Waals surface area contributed by atoms with Crippen LogP contribution in [0.25, 0.3) is 0 Å². The number of nitrogens with one attached hydrogen (secondary N) is 1. The number of nitrogens with zero attached hydrogens (tertiary/aromatic N) is 5. The Morgan fingerprint density at radius 2 is 1.89 bits per heavy atom. The lowest BCUT2D eigenvalue weighted by atomic mass is 9.75. The maximum absolute atomic E-state index is 5.92. The van der Waals surface area contributed by atoms with Crippen molar-refractivity contribution in [1.82, 2.24) is 19.9 Å². The van der Waals surface area contributed by atoms with E-state index in [9.17, 15) is 0 Å². The molecule has 0 bridgehead atoms. The monoisotopic (exact) mass is 284 g/mol. The molecule has 0 amide bonds. The van der Waals surface area contributed by atoms with Gasteiger partial charge in [-0.15, -0.1) is 0 Å². The number of hydrogen-bond acceptors (Lipinski definition) is 6. The van der Waals surface area contributed by atoms with Gasteiger partial charge in [0.25, 0.3) is 0 Å².